The first kappa shape index (κ1) is 36.8. The van der Waals surface area contributed by atoms with Crippen LogP contribution in [0, 0.1) is 31.3 Å². The maximum absolute atomic E-state index is 8.85. The first-order valence-corrected chi connectivity index (χ1v) is 21.1. The van der Waals surface area contributed by atoms with Crippen molar-refractivity contribution in [1.82, 2.24) is 14.5 Å². The zero-order valence-electron chi connectivity index (χ0n) is 41.4. The summed E-state index contributed by atoms with van der Waals surface area (Å²) in [5, 5.41) is 6.36. The molecule has 0 atom stereocenters. The minimum atomic E-state index is -2.50. The number of aryl methyl sites for hydroxylation is 2. The van der Waals surface area contributed by atoms with E-state index in [1.165, 1.54) is 28.6 Å². The van der Waals surface area contributed by atoms with Crippen molar-refractivity contribution in [3.8, 4) is 28.3 Å². The Bertz CT molecular complexity index is 3420. The van der Waals surface area contributed by atoms with Crippen molar-refractivity contribution >= 4 is 54.5 Å². The second-order valence-electron chi connectivity index (χ2n) is 17.7. The van der Waals surface area contributed by atoms with Gasteiger partial charge in [0.05, 0.1) is 22.4 Å². The molecule has 10 rings (SSSR count). The molecule has 62 heavy (non-hydrogen) atoms. The molecule has 7 aromatic carbocycles. The third-order valence-corrected chi connectivity index (χ3v) is 11.3. The van der Waals surface area contributed by atoms with Crippen LogP contribution >= 0.6 is 0 Å². The SMILES string of the molecule is Cc1cc(C(C)C)c(-n2c(-c3[c-]cccc3)nc3ccccc32)c(C(C)C)c1.[2H]C([2H])([2H])c1cnc(-c2[c-]ccc3c2oc2cc4c(ccc5ccccc54)cc23)cc1C([2H])([2H])C(C)(C)C.[Ir]. The standard InChI is InChI=1S/C31H26NO.C26H27N2.Ir/c1-19-18-32-28(15-22(19)17-31(2,3)4)25-11-7-10-24-27-14-21-13-12-20-8-5-6-9-23(20)26(21)16-29(27)33-30(24)25;1-17(2)21-15-19(5)16-22(18(3)4)25(21)28-24-14-10-9-13-23(24)27-26(28)20-11-7-6-8-12-20;/h5-10,12-16,18H,17H2,1-4H3;6-11,13-18H,1-5H3;/q2*-1;/i1D3,17D2;;. The summed E-state index contributed by atoms with van der Waals surface area (Å²) in [6, 6.07) is 49.7. The summed E-state index contributed by atoms with van der Waals surface area (Å²) in [6.07, 6.45) is -0.647. The Morgan fingerprint density at radius 2 is 1.47 bits per heavy atom. The van der Waals surface area contributed by atoms with E-state index in [0.29, 0.717) is 28.7 Å². The molecule has 313 valence electrons. The van der Waals surface area contributed by atoms with Gasteiger partial charge in [-0.2, -0.15) is 0 Å². The van der Waals surface area contributed by atoms with Crippen LogP contribution in [-0.4, -0.2) is 14.5 Å². The first-order valence-electron chi connectivity index (χ1n) is 23.6. The Labute approximate surface area is 386 Å². The summed E-state index contributed by atoms with van der Waals surface area (Å²) < 4.78 is 50.5. The van der Waals surface area contributed by atoms with E-state index < -0.39 is 18.6 Å². The summed E-state index contributed by atoms with van der Waals surface area (Å²) >= 11 is 0. The summed E-state index contributed by atoms with van der Waals surface area (Å²) in [6.45, 7) is 14.1. The molecule has 0 unspecified atom stereocenters. The topological polar surface area (TPSA) is 43.9 Å². The van der Waals surface area contributed by atoms with Gasteiger partial charge in [-0.3, -0.25) is 4.98 Å². The largest absolute Gasteiger partial charge is 0.501 e. The van der Waals surface area contributed by atoms with Gasteiger partial charge in [-0.25, -0.2) is 0 Å². The summed E-state index contributed by atoms with van der Waals surface area (Å²) in [5.41, 5.74) is 9.96. The predicted octanol–water partition coefficient (Wildman–Crippen LogP) is 15.7. The van der Waals surface area contributed by atoms with Crippen LogP contribution in [0.1, 0.15) is 95.0 Å². The molecular weight excluding hydrogens is 935 g/mol. The molecule has 0 aliphatic heterocycles. The second kappa shape index (κ2) is 17.1. The Kier molecular flexibility index (Phi) is 10.1. The average Bonchev–Trinajstić information content (AvgIpc) is 3.86. The predicted molar refractivity (Wildman–Crippen MR) is 257 cm³/mol. The van der Waals surface area contributed by atoms with Crippen molar-refractivity contribution < 1.29 is 31.4 Å². The molecule has 5 heteroatoms. The van der Waals surface area contributed by atoms with E-state index in [9.17, 15) is 0 Å². The molecule has 0 saturated heterocycles. The third kappa shape index (κ3) is 8.13. The van der Waals surface area contributed by atoms with Crippen molar-refractivity contribution in [2.75, 3.05) is 0 Å². The number of nitrogens with zero attached hydrogens (tertiary/aromatic N) is 3. The average molecular weight is 993 g/mol. The van der Waals surface area contributed by atoms with Gasteiger partial charge >= 0.3 is 0 Å². The van der Waals surface area contributed by atoms with E-state index in [2.05, 4.69) is 141 Å². The van der Waals surface area contributed by atoms with E-state index in [-0.39, 0.29) is 31.2 Å². The number of aromatic nitrogens is 3. The molecule has 10 aromatic rings. The van der Waals surface area contributed by atoms with Gasteiger partial charge in [0.1, 0.15) is 5.58 Å². The third-order valence-electron chi connectivity index (χ3n) is 11.3. The Balaban J connectivity index is 0.000000187. The van der Waals surface area contributed by atoms with Crippen LogP contribution in [0.25, 0.3) is 82.8 Å². The minimum Gasteiger partial charge on any atom is -0.501 e. The smallest absolute Gasteiger partial charge is 0.121 e. The van der Waals surface area contributed by atoms with Crippen LogP contribution in [0.4, 0.5) is 0 Å². The molecular formula is C57H53IrN3O-2. The first-order chi connectivity index (χ1) is 31.3. The Hall–Kier alpha value is -5.87. The number of furan rings is 1. The molecule has 0 amide bonds. The second-order valence-corrected chi connectivity index (χ2v) is 17.7. The van der Waals surface area contributed by atoms with Crippen LogP contribution in [0.15, 0.2) is 138 Å². The molecule has 1 radical (unpaired) electrons. The van der Waals surface area contributed by atoms with Gasteiger partial charge in [-0.1, -0.05) is 137 Å². The fraction of sp³-hybridized carbons (Fsp3) is 0.228. The number of rotatable bonds is 6. The number of benzene rings is 7. The van der Waals surface area contributed by atoms with Gasteiger partial charge in [0, 0.05) is 44.2 Å². The molecule has 4 nitrogen and oxygen atoms in total. The maximum atomic E-state index is 8.85. The molecule has 3 aromatic heterocycles. The van der Waals surface area contributed by atoms with E-state index in [0.717, 1.165) is 60.3 Å². The van der Waals surface area contributed by atoms with Crippen molar-refractivity contribution in [1.29, 1.82) is 0 Å². The maximum Gasteiger partial charge on any atom is 0.121 e. The van der Waals surface area contributed by atoms with Crippen LogP contribution in [0.2, 0.25) is 0 Å². The number of pyridine rings is 1. The molecule has 0 aliphatic carbocycles. The molecule has 0 fully saturated rings. The van der Waals surface area contributed by atoms with Crippen LogP contribution in [0.3, 0.4) is 0 Å². The van der Waals surface area contributed by atoms with Gasteiger partial charge in [0.25, 0.3) is 0 Å². The molecule has 0 aliphatic rings. The van der Waals surface area contributed by atoms with Gasteiger partial charge < -0.3 is 14.0 Å². The van der Waals surface area contributed by atoms with Crippen LogP contribution in [0.5, 0.6) is 0 Å². The minimum absolute atomic E-state index is 0. The number of fused-ring (bicyclic) bond motifs is 7. The molecule has 0 spiro atoms. The molecule has 3 heterocycles. The van der Waals surface area contributed by atoms with Crippen molar-refractivity contribution in [2.24, 2.45) is 5.41 Å². The van der Waals surface area contributed by atoms with Crippen LogP contribution in [-0.2, 0) is 26.5 Å². The van der Waals surface area contributed by atoms with E-state index in [1.54, 1.807) is 32.9 Å². The number of para-hydroxylation sites is 2. The van der Waals surface area contributed by atoms with Gasteiger partial charge in [0.2, 0.25) is 0 Å². The zero-order chi connectivity index (χ0) is 46.9. The van der Waals surface area contributed by atoms with Crippen molar-refractivity contribution in [3.63, 3.8) is 0 Å². The molecule has 0 bridgehead atoms. The summed E-state index contributed by atoms with van der Waals surface area (Å²) in [7, 11) is 0. The summed E-state index contributed by atoms with van der Waals surface area (Å²) in [5.74, 6) is 1.79. The van der Waals surface area contributed by atoms with Gasteiger partial charge in [-0.15, -0.1) is 54.1 Å². The van der Waals surface area contributed by atoms with Gasteiger partial charge in [0.15, 0.2) is 0 Å². The number of hydrogen-bond donors (Lipinski definition) is 0. The zero-order valence-corrected chi connectivity index (χ0v) is 38.8. The van der Waals surface area contributed by atoms with E-state index in [1.807, 2.05) is 30.3 Å². The fourth-order valence-corrected chi connectivity index (χ4v) is 8.47. The normalized spacial score (nSPS) is 13.5. The van der Waals surface area contributed by atoms with Crippen molar-refractivity contribution in [3.05, 3.63) is 174 Å². The van der Waals surface area contributed by atoms with E-state index >= 15 is 0 Å². The molecule has 0 saturated carbocycles. The summed E-state index contributed by atoms with van der Waals surface area (Å²) in [4.78, 5) is 9.48. The molecule has 0 N–H and O–H groups in total. The quantitative estimate of drug-likeness (QED) is 0.123. The monoisotopic (exact) mass is 993 g/mol. The Morgan fingerprint density at radius 1 is 0.742 bits per heavy atom. The number of hydrogen-bond acceptors (Lipinski definition) is 3. The number of imidazole rings is 1. The van der Waals surface area contributed by atoms with Crippen molar-refractivity contribution in [2.45, 2.75) is 80.5 Å². The van der Waals surface area contributed by atoms with Gasteiger partial charge in [-0.05, 0) is 106 Å². The van der Waals surface area contributed by atoms with Crippen LogP contribution < -0.4 is 0 Å². The Morgan fingerprint density at radius 3 is 2.19 bits per heavy atom. The van der Waals surface area contributed by atoms with E-state index in [4.69, 9.17) is 16.3 Å². The fourth-order valence-electron chi connectivity index (χ4n) is 8.47.